The highest BCUT2D eigenvalue weighted by molar-refractivity contribution is 6.30. The van der Waals surface area contributed by atoms with Crippen LogP contribution in [0.1, 0.15) is 11.1 Å². The Balaban J connectivity index is 1.86. The van der Waals surface area contributed by atoms with Crippen LogP contribution >= 0.6 is 11.6 Å². The first-order valence-electron chi connectivity index (χ1n) is 6.21. The Labute approximate surface area is 116 Å². The first kappa shape index (κ1) is 12.3. The van der Waals surface area contributed by atoms with Crippen LogP contribution in [0.15, 0.2) is 36.4 Å². The predicted octanol–water partition coefficient (Wildman–Crippen LogP) is 3.62. The van der Waals surface area contributed by atoms with E-state index in [-0.39, 0.29) is 5.82 Å². The van der Waals surface area contributed by atoms with E-state index >= 15 is 0 Å². The summed E-state index contributed by atoms with van der Waals surface area (Å²) in [5, 5.41) is 0.427. The second-order valence-electron chi connectivity index (χ2n) is 4.80. The van der Waals surface area contributed by atoms with E-state index in [4.69, 9.17) is 17.3 Å². The number of nitrogens with zero attached hydrogens (tertiary/aromatic N) is 1. The fraction of sp³-hybridized carbons (Fsp3) is 0.200. The summed E-state index contributed by atoms with van der Waals surface area (Å²) < 4.78 is 13.8. The van der Waals surface area contributed by atoms with E-state index in [0.717, 1.165) is 24.3 Å². The van der Waals surface area contributed by atoms with E-state index in [1.54, 1.807) is 12.1 Å². The van der Waals surface area contributed by atoms with E-state index in [0.29, 0.717) is 17.1 Å². The minimum absolute atomic E-state index is 0.253. The molecule has 98 valence electrons. The van der Waals surface area contributed by atoms with Crippen LogP contribution in [-0.4, -0.2) is 6.54 Å². The van der Waals surface area contributed by atoms with Crippen molar-refractivity contribution in [2.24, 2.45) is 0 Å². The van der Waals surface area contributed by atoms with Crippen molar-refractivity contribution in [2.75, 3.05) is 17.2 Å². The summed E-state index contributed by atoms with van der Waals surface area (Å²) in [7, 11) is 0. The van der Waals surface area contributed by atoms with Gasteiger partial charge in [0.2, 0.25) is 0 Å². The summed E-state index contributed by atoms with van der Waals surface area (Å²) in [5.74, 6) is -0.253. The molecule has 4 heteroatoms. The van der Waals surface area contributed by atoms with Crippen LogP contribution in [-0.2, 0) is 13.0 Å². The van der Waals surface area contributed by atoms with Gasteiger partial charge in [0.25, 0.3) is 0 Å². The van der Waals surface area contributed by atoms with Crippen molar-refractivity contribution in [2.45, 2.75) is 13.0 Å². The molecule has 1 heterocycles. The van der Waals surface area contributed by atoms with Crippen LogP contribution in [0.25, 0.3) is 0 Å². The van der Waals surface area contributed by atoms with Crippen LogP contribution in [0.3, 0.4) is 0 Å². The third-order valence-electron chi connectivity index (χ3n) is 3.47. The van der Waals surface area contributed by atoms with Crippen molar-refractivity contribution >= 4 is 23.0 Å². The highest BCUT2D eigenvalue weighted by Gasteiger charge is 2.20. The van der Waals surface area contributed by atoms with Crippen molar-refractivity contribution in [3.8, 4) is 0 Å². The van der Waals surface area contributed by atoms with Crippen molar-refractivity contribution in [3.05, 3.63) is 58.4 Å². The zero-order chi connectivity index (χ0) is 13.4. The predicted molar refractivity (Wildman–Crippen MR) is 77.0 cm³/mol. The van der Waals surface area contributed by atoms with Gasteiger partial charge in [0.15, 0.2) is 0 Å². The minimum Gasteiger partial charge on any atom is -0.399 e. The van der Waals surface area contributed by atoms with E-state index < -0.39 is 0 Å². The number of nitrogen functional groups attached to an aromatic ring is 1. The summed E-state index contributed by atoms with van der Waals surface area (Å²) in [6, 6.07) is 10.7. The van der Waals surface area contributed by atoms with Crippen molar-refractivity contribution < 1.29 is 4.39 Å². The van der Waals surface area contributed by atoms with Crippen LogP contribution < -0.4 is 10.6 Å². The molecule has 1 aliphatic rings. The van der Waals surface area contributed by atoms with E-state index in [1.165, 1.54) is 11.6 Å². The number of rotatable bonds is 2. The second-order valence-corrected chi connectivity index (χ2v) is 5.23. The maximum atomic E-state index is 13.8. The fourth-order valence-electron chi connectivity index (χ4n) is 2.51. The summed E-state index contributed by atoms with van der Waals surface area (Å²) >= 11 is 5.76. The van der Waals surface area contributed by atoms with Crippen molar-refractivity contribution in [1.82, 2.24) is 0 Å². The molecule has 0 saturated carbocycles. The molecule has 0 unspecified atom stereocenters. The molecular formula is C15H14ClFN2. The normalized spacial score (nSPS) is 13.7. The van der Waals surface area contributed by atoms with Gasteiger partial charge in [0.1, 0.15) is 5.82 Å². The first-order valence-corrected chi connectivity index (χ1v) is 6.58. The van der Waals surface area contributed by atoms with E-state index in [9.17, 15) is 4.39 Å². The number of hydrogen-bond acceptors (Lipinski definition) is 2. The number of anilines is 2. The Kier molecular flexibility index (Phi) is 3.07. The number of fused-ring (bicyclic) bond motifs is 1. The molecule has 0 saturated heterocycles. The molecule has 0 spiro atoms. The third-order valence-corrected chi connectivity index (χ3v) is 3.71. The molecular weight excluding hydrogens is 263 g/mol. The Hall–Kier alpha value is -1.74. The second kappa shape index (κ2) is 4.74. The smallest absolute Gasteiger partial charge is 0.129 e. The average Bonchev–Trinajstić information content (AvgIpc) is 2.75. The van der Waals surface area contributed by atoms with Crippen LogP contribution in [0.4, 0.5) is 15.8 Å². The van der Waals surface area contributed by atoms with Crippen LogP contribution in [0.5, 0.6) is 0 Å². The minimum atomic E-state index is -0.253. The molecule has 2 nitrogen and oxygen atoms in total. The molecule has 19 heavy (non-hydrogen) atoms. The highest BCUT2D eigenvalue weighted by Crippen LogP contribution is 2.31. The molecule has 0 bridgehead atoms. The molecule has 2 N–H and O–H groups in total. The van der Waals surface area contributed by atoms with Gasteiger partial charge in [-0.15, -0.1) is 0 Å². The molecule has 0 radical (unpaired) electrons. The monoisotopic (exact) mass is 276 g/mol. The molecule has 0 amide bonds. The molecule has 1 aliphatic heterocycles. The molecule has 0 aromatic heterocycles. The van der Waals surface area contributed by atoms with Gasteiger partial charge in [0, 0.05) is 35.1 Å². The van der Waals surface area contributed by atoms with Gasteiger partial charge in [-0.3, -0.25) is 0 Å². The van der Waals surface area contributed by atoms with Crippen molar-refractivity contribution in [1.29, 1.82) is 0 Å². The number of halogens is 2. The summed E-state index contributed by atoms with van der Waals surface area (Å²) in [5.41, 5.74) is 9.59. The third kappa shape index (κ3) is 2.38. The summed E-state index contributed by atoms with van der Waals surface area (Å²) in [6.07, 6.45) is 0.954. The van der Waals surface area contributed by atoms with Gasteiger partial charge in [0.05, 0.1) is 0 Å². The van der Waals surface area contributed by atoms with Gasteiger partial charge in [-0.2, -0.15) is 0 Å². The number of benzene rings is 2. The summed E-state index contributed by atoms with van der Waals surface area (Å²) in [6.45, 7) is 1.45. The lowest BCUT2D eigenvalue weighted by Crippen LogP contribution is -2.20. The Morgan fingerprint density at radius 1 is 1.21 bits per heavy atom. The van der Waals surface area contributed by atoms with Gasteiger partial charge in [-0.1, -0.05) is 17.7 Å². The van der Waals surface area contributed by atoms with Gasteiger partial charge in [-0.05, 0) is 42.3 Å². The standard InChI is InChI=1S/C15H14ClFN2/c16-12-2-1-11(14(17)8-12)9-19-6-5-10-7-13(18)3-4-15(10)19/h1-4,7-8H,5-6,9,18H2. The zero-order valence-corrected chi connectivity index (χ0v) is 11.1. The molecule has 0 aliphatic carbocycles. The maximum absolute atomic E-state index is 13.8. The van der Waals surface area contributed by atoms with Gasteiger partial charge in [-0.25, -0.2) is 4.39 Å². The lowest BCUT2D eigenvalue weighted by molar-refractivity contribution is 0.606. The molecule has 3 rings (SSSR count). The van der Waals surface area contributed by atoms with Gasteiger partial charge >= 0.3 is 0 Å². The lowest BCUT2D eigenvalue weighted by Gasteiger charge is -2.20. The van der Waals surface area contributed by atoms with Gasteiger partial charge < -0.3 is 10.6 Å². The molecule has 2 aromatic carbocycles. The maximum Gasteiger partial charge on any atom is 0.129 e. The number of nitrogens with two attached hydrogens (primary N) is 1. The Morgan fingerprint density at radius 2 is 2.05 bits per heavy atom. The quantitative estimate of drug-likeness (QED) is 0.849. The lowest BCUT2D eigenvalue weighted by atomic mass is 10.1. The van der Waals surface area contributed by atoms with E-state index in [1.807, 2.05) is 18.2 Å². The van der Waals surface area contributed by atoms with Crippen LogP contribution in [0, 0.1) is 5.82 Å². The topological polar surface area (TPSA) is 29.3 Å². The SMILES string of the molecule is Nc1ccc2c(c1)CCN2Cc1ccc(Cl)cc1F. The molecule has 0 atom stereocenters. The first-order chi connectivity index (χ1) is 9.13. The number of hydrogen-bond donors (Lipinski definition) is 1. The molecule has 2 aromatic rings. The fourth-order valence-corrected chi connectivity index (χ4v) is 2.67. The zero-order valence-electron chi connectivity index (χ0n) is 10.4. The van der Waals surface area contributed by atoms with Crippen LogP contribution in [0.2, 0.25) is 5.02 Å². The van der Waals surface area contributed by atoms with Crippen molar-refractivity contribution in [3.63, 3.8) is 0 Å². The Bertz CT molecular complexity index is 628. The average molecular weight is 277 g/mol. The largest absolute Gasteiger partial charge is 0.399 e. The van der Waals surface area contributed by atoms with E-state index in [2.05, 4.69) is 4.90 Å². The summed E-state index contributed by atoms with van der Waals surface area (Å²) in [4.78, 5) is 2.17. The molecule has 0 fully saturated rings. The Morgan fingerprint density at radius 3 is 2.84 bits per heavy atom. The highest BCUT2D eigenvalue weighted by atomic mass is 35.5.